The van der Waals surface area contributed by atoms with Gasteiger partial charge in [-0.25, -0.2) is 4.68 Å². The number of hydrogen-bond acceptors (Lipinski definition) is 3. The predicted octanol–water partition coefficient (Wildman–Crippen LogP) is 3.50. The van der Waals surface area contributed by atoms with Crippen LogP contribution >= 0.6 is 46.4 Å². The molecule has 0 aliphatic carbocycles. The van der Waals surface area contributed by atoms with Gasteiger partial charge in [0.1, 0.15) is 11.6 Å². The lowest BCUT2D eigenvalue weighted by atomic mass is 10.3. The van der Waals surface area contributed by atoms with Crippen LogP contribution in [-0.2, 0) is 11.3 Å². The van der Waals surface area contributed by atoms with Gasteiger partial charge < -0.3 is 5.32 Å². The molecule has 21 heavy (non-hydrogen) atoms. The van der Waals surface area contributed by atoms with Gasteiger partial charge in [0.05, 0.1) is 27.0 Å². The summed E-state index contributed by atoms with van der Waals surface area (Å²) in [6, 6.07) is 4.80. The molecule has 1 aromatic heterocycles. The van der Waals surface area contributed by atoms with Crippen molar-refractivity contribution in [2.45, 2.75) is 6.54 Å². The third kappa shape index (κ3) is 3.68. The Bertz CT molecular complexity index is 740. The number of amides is 1. The molecule has 5 nitrogen and oxygen atoms in total. The van der Waals surface area contributed by atoms with Gasteiger partial charge >= 0.3 is 0 Å². The molecule has 1 aromatic carbocycles. The molecule has 0 fully saturated rings. The molecule has 1 heterocycles. The van der Waals surface area contributed by atoms with E-state index < -0.39 is 11.5 Å². The van der Waals surface area contributed by atoms with E-state index in [1.165, 1.54) is 6.20 Å². The number of carbonyl (C=O) groups is 1. The number of hydrogen-bond donors (Lipinski definition) is 1. The van der Waals surface area contributed by atoms with Gasteiger partial charge in [0.2, 0.25) is 5.91 Å². The Hall–Kier alpha value is -1.27. The van der Waals surface area contributed by atoms with Crippen LogP contribution < -0.4 is 10.9 Å². The second-order valence-electron chi connectivity index (χ2n) is 3.91. The lowest BCUT2D eigenvalue weighted by Crippen LogP contribution is -2.30. The minimum atomic E-state index is -0.662. The van der Waals surface area contributed by atoms with Gasteiger partial charge in [-0.1, -0.05) is 52.5 Å². The first-order valence-electron chi connectivity index (χ1n) is 5.55. The van der Waals surface area contributed by atoms with Crippen molar-refractivity contribution in [2.24, 2.45) is 0 Å². The molecule has 0 atom stereocenters. The summed E-state index contributed by atoms with van der Waals surface area (Å²) in [5.41, 5.74) is -0.400. The zero-order valence-electron chi connectivity index (χ0n) is 10.2. The van der Waals surface area contributed by atoms with Crippen molar-refractivity contribution < 1.29 is 4.79 Å². The van der Waals surface area contributed by atoms with Crippen molar-refractivity contribution in [3.63, 3.8) is 0 Å². The number of halogens is 4. The molecule has 0 saturated carbocycles. The predicted molar refractivity (Wildman–Crippen MR) is 83.6 cm³/mol. The lowest BCUT2D eigenvalue weighted by molar-refractivity contribution is -0.117. The smallest absolute Gasteiger partial charge is 0.287 e. The summed E-state index contributed by atoms with van der Waals surface area (Å²) in [5, 5.41) is 6.62. The van der Waals surface area contributed by atoms with Crippen LogP contribution in [0.3, 0.4) is 0 Å². The Morgan fingerprint density at radius 1 is 1.14 bits per heavy atom. The Morgan fingerprint density at radius 2 is 1.76 bits per heavy atom. The number of carbonyl (C=O) groups excluding carboxylic acids is 1. The zero-order valence-corrected chi connectivity index (χ0v) is 13.3. The molecule has 0 spiro atoms. The molecule has 0 radical (unpaired) electrons. The summed E-state index contributed by atoms with van der Waals surface area (Å²) in [6.07, 6.45) is 1.18. The molecule has 1 N–H and O–H groups in total. The second-order valence-corrected chi connectivity index (χ2v) is 5.51. The Morgan fingerprint density at radius 3 is 2.38 bits per heavy atom. The van der Waals surface area contributed by atoms with Gasteiger partial charge in [0.25, 0.3) is 5.56 Å². The maximum absolute atomic E-state index is 11.9. The van der Waals surface area contributed by atoms with Gasteiger partial charge in [0.15, 0.2) is 0 Å². The van der Waals surface area contributed by atoms with Crippen molar-refractivity contribution in [1.29, 1.82) is 0 Å². The minimum absolute atomic E-state index is 0.0208. The molecule has 2 rings (SSSR count). The standard InChI is InChI=1S/C12H7Cl4N3O2/c13-6-2-1-3-7(14)11(6)18-9(20)5-19-12(21)10(16)8(15)4-17-19/h1-4H,5H2,(H,18,20). The van der Waals surface area contributed by atoms with Crippen molar-refractivity contribution in [1.82, 2.24) is 9.78 Å². The van der Waals surface area contributed by atoms with Crippen LogP contribution in [0, 0.1) is 0 Å². The maximum Gasteiger partial charge on any atom is 0.287 e. The number of para-hydroxylation sites is 1. The SMILES string of the molecule is O=C(Cn1ncc(Cl)c(Cl)c1=O)Nc1c(Cl)cccc1Cl. The summed E-state index contributed by atoms with van der Waals surface area (Å²) >= 11 is 23.2. The quantitative estimate of drug-likeness (QED) is 0.904. The highest BCUT2D eigenvalue weighted by Gasteiger charge is 2.13. The van der Waals surface area contributed by atoms with E-state index in [4.69, 9.17) is 46.4 Å². The number of rotatable bonds is 3. The van der Waals surface area contributed by atoms with Crippen LogP contribution in [0.2, 0.25) is 20.1 Å². The monoisotopic (exact) mass is 365 g/mol. The van der Waals surface area contributed by atoms with Crippen LogP contribution in [0.25, 0.3) is 0 Å². The molecule has 0 bridgehead atoms. The average molecular weight is 367 g/mol. The first kappa shape index (κ1) is 16.1. The van der Waals surface area contributed by atoms with E-state index in [9.17, 15) is 9.59 Å². The molecule has 2 aromatic rings. The lowest BCUT2D eigenvalue weighted by Gasteiger charge is -2.10. The molecule has 0 aliphatic rings. The van der Waals surface area contributed by atoms with Crippen LogP contribution in [-0.4, -0.2) is 15.7 Å². The van der Waals surface area contributed by atoms with E-state index in [0.717, 1.165) is 4.68 Å². The molecule has 9 heteroatoms. The fourth-order valence-corrected chi connectivity index (χ4v) is 2.25. The highest BCUT2D eigenvalue weighted by molar-refractivity contribution is 6.41. The first-order valence-corrected chi connectivity index (χ1v) is 7.06. The van der Waals surface area contributed by atoms with Crippen LogP contribution in [0.15, 0.2) is 29.2 Å². The third-order valence-corrected chi connectivity index (χ3v) is 3.84. The van der Waals surface area contributed by atoms with Crippen LogP contribution in [0.5, 0.6) is 0 Å². The first-order chi connectivity index (χ1) is 9.90. The number of benzene rings is 1. The van der Waals surface area contributed by atoms with Gasteiger partial charge in [-0.15, -0.1) is 0 Å². The van der Waals surface area contributed by atoms with Gasteiger partial charge in [-0.05, 0) is 12.1 Å². The van der Waals surface area contributed by atoms with Crippen molar-refractivity contribution in [3.05, 3.63) is 54.8 Å². The number of anilines is 1. The van der Waals surface area contributed by atoms with Crippen LogP contribution in [0.1, 0.15) is 0 Å². The fourth-order valence-electron chi connectivity index (χ4n) is 1.49. The Balaban J connectivity index is 2.20. The topological polar surface area (TPSA) is 64.0 Å². The van der Waals surface area contributed by atoms with Crippen molar-refractivity contribution >= 4 is 58.0 Å². The molecule has 0 saturated heterocycles. The average Bonchev–Trinajstić information content (AvgIpc) is 2.44. The van der Waals surface area contributed by atoms with Crippen molar-refractivity contribution in [2.75, 3.05) is 5.32 Å². The summed E-state index contributed by atoms with van der Waals surface area (Å²) in [6.45, 7) is -0.350. The molecule has 110 valence electrons. The fraction of sp³-hybridized carbons (Fsp3) is 0.0833. The number of aromatic nitrogens is 2. The Kier molecular flexibility index (Phi) is 5.11. The summed E-state index contributed by atoms with van der Waals surface area (Å²) in [7, 11) is 0. The largest absolute Gasteiger partial charge is 0.322 e. The molecule has 0 aliphatic heterocycles. The molecule has 0 unspecified atom stereocenters. The van der Waals surface area contributed by atoms with E-state index >= 15 is 0 Å². The van der Waals surface area contributed by atoms with E-state index in [1.807, 2.05) is 0 Å². The molecular formula is C12H7Cl4N3O2. The highest BCUT2D eigenvalue weighted by atomic mass is 35.5. The van der Waals surface area contributed by atoms with E-state index in [0.29, 0.717) is 0 Å². The van der Waals surface area contributed by atoms with Crippen LogP contribution in [0.4, 0.5) is 5.69 Å². The van der Waals surface area contributed by atoms with E-state index in [2.05, 4.69) is 10.4 Å². The summed E-state index contributed by atoms with van der Waals surface area (Å²) in [4.78, 5) is 23.7. The normalized spacial score (nSPS) is 10.5. The van der Waals surface area contributed by atoms with E-state index in [-0.39, 0.29) is 32.3 Å². The van der Waals surface area contributed by atoms with Gasteiger partial charge in [-0.2, -0.15) is 5.10 Å². The second kappa shape index (κ2) is 6.66. The summed E-state index contributed by atoms with van der Waals surface area (Å²) in [5.74, 6) is -0.530. The molecule has 1 amide bonds. The zero-order chi connectivity index (χ0) is 15.6. The number of nitrogens with zero attached hydrogens (tertiary/aromatic N) is 2. The van der Waals surface area contributed by atoms with Crippen molar-refractivity contribution in [3.8, 4) is 0 Å². The van der Waals surface area contributed by atoms with Gasteiger partial charge in [0, 0.05) is 0 Å². The number of nitrogens with one attached hydrogen (secondary N) is 1. The Labute approximate surface area is 139 Å². The van der Waals surface area contributed by atoms with E-state index in [1.54, 1.807) is 18.2 Å². The maximum atomic E-state index is 11.9. The highest BCUT2D eigenvalue weighted by Crippen LogP contribution is 2.29. The minimum Gasteiger partial charge on any atom is -0.322 e. The summed E-state index contributed by atoms with van der Waals surface area (Å²) < 4.78 is 0.883. The van der Waals surface area contributed by atoms with Gasteiger partial charge in [-0.3, -0.25) is 9.59 Å². The third-order valence-electron chi connectivity index (χ3n) is 2.46. The molecular weight excluding hydrogens is 360 g/mol.